The summed E-state index contributed by atoms with van der Waals surface area (Å²) < 4.78 is 28.0. The number of benzene rings is 3. The standard InChI is InChI=1S/C26H27F2N3.C2H6/c1-6-9-23(18(4)29)31-25-17(3)14-24(20-10-7-8-11-21(20)25)30-19-13-12-16(2)22(15-19)26(5,27)28;1-2/h6-15,30-31H,1,4,29H2,2-3,5H3;1-2H3/b23-9+;. The highest BCUT2D eigenvalue weighted by atomic mass is 19.3. The molecule has 0 radical (unpaired) electrons. The minimum Gasteiger partial charge on any atom is -0.398 e. The van der Waals surface area contributed by atoms with Crippen LogP contribution in [0.4, 0.5) is 25.8 Å². The molecule has 0 saturated heterocycles. The summed E-state index contributed by atoms with van der Waals surface area (Å²) >= 11 is 0. The Kier molecular flexibility index (Phi) is 8.41. The number of hydrogen-bond acceptors (Lipinski definition) is 3. The van der Waals surface area contributed by atoms with Crippen molar-refractivity contribution in [1.82, 2.24) is 0 Å². The normalized spacial score (nSPS) is 11.4. The smallest absolute Gasteiger partial charge is 0.270 e. The average molecular weight is 450 g/mol. The van der Waals surface area contributed by atoms with Crippen LogP contribution in [0.1, 0.15) is 37.5 Å². The molecule has 0 aliphatic rings. The van der Waals surface area contributed by atoms with Crippen LogP contribution in [-0.4, -0.2) is 0 Å². The highest BCUT2D eigenvalue weighted by Gasteiger charge is 2.26. The molecule has 0 heterocycles. The van der Waals surface area contributed by atoms with Gasteiger partial charge in [0.15, 0.2) is 0 Å². The molecule has 0 amide bonds. The Labute approximate surface area is 195 Å². The molecule has 3 aromatic rings. The summed E-state index contributed by atoms with van der Waals surface area (Å²) in [5.74, 6) is -2.91. The second kappa shape index (κ2) is 10.8. The fourth-order valence-electron chi connectivity index (χ4n) is 3.59. The molecule has 0 aliphatic heterocycles. The van der Waals surface area contributed by atoms with Gasteiger partial charge in [-0.2, -0.15) is 0 Å². The first-order chi connectivity index (χ1) is 15.6. The van der Waals surface area contributed by atoms with Crippen LogP contribution in [0.15, 0.2) is 85.2 Å². The van der Waals surface area contributed by atoms with E-state index in [-0.39, 0.29) is 5.56 Å². The predicted molar refractivity (Wildman–Crippen MR) is 139 cm³/mol. The highest BCUT2D eigenvalue weighted by Crippen LogP contribution is 2.37. The van der Waals surface area contributed by atoms with Gasteiger partial charge in [-0.05, 0) is 49.2 Å². The number of fused-ring (bicyclic) bond motifs is 1. The van der Waals surface area contributed by atoms with Crippen LogP contribution in [0, 0.1) is 13.8 Å². The Hall–Kier alpha value is -3.60. The van der Waals surface area contributed by atoms with Crippen molar-refractivity contribution >= 4 is 27.8 Å². The predicted octanol–water partition coefficient (Wildman–Crippen LogP) is 8.29. The number of anilines is 3. The number of alkyl halides is 2. The van der Waals surface area contributed by atoms with Gasteiger partial charge in [0, 0.05) is 46.0 Å². The van der Waals surface area contributed by atoms with E-state index >= 15 is 0 Å². The maximum absolute atomic E-state index is 14.0. The van der Waals surface area contributed by atoms with Crippen molar-refractivity contribution in [1.29, 1.82) is 0 Å². The molecule has 4 N–H and O–H groups in total. The van der Waals surface area contributed by atoms with Crippen LogP contribution in [0.2, 0.25) is 0 Å². The zero-order chi connectivity index (χ0) is 24.8. The largest absolute Gasteiger partial charge is 0.398 e. The lowest BCUT2D eigenvalue weighted by atomic mass is 10.0. The zero-order valence-electron chi connectivity index (χ0n) is 20.0. The molecule has 3 aromatic carbocycles. The Morgan fingerprint density at radius 1 is 1.00 bits per heavy atom. The first-order valence-corrected chi connectivity index (χ1v) is 10.9. The van der Waals surface area contributed by atoms with Crippen LogP contribution in [0.3, 0.4) is 0 Å². The average Bonchev–Trinajstić information content (AvgIpc) is 2.77. The SMILES string of the molecule is C=C/C=C(/Nc1c(C)cc(Nc2ccc(C)c(C(C)(F)F)c2)c2ccccc12)C(=C)N.CC. The zero-order valence-corrected chi connectivity index (χ0v) is 20.0. The number of aryl methyl sites for hydroxylation is 2. The highest BCUT2D eigenvalue weighted by molar-refractivity contribution is 6.04. The summed E-state index contributed by atoms with van der Waals surface area (Å²) in [5, 5.41) is 8.59. The van der Waals surface area contributed by atoms with Crippen molar-refractivity contribution in [2.75, 3.05) is 10.6 Å². The lowest BCUT2D eigenvalue weighted by Gasteiger charge is -2.20. The van der Waals surface area contributed by atoms with Gasteiger partial charge in [-0.1, -0.05) is 63.4 Å². The maximum atomic E-state index is 14.0. The molecule has 0 aromatic heterocycles. The fourth-order valence-corrected chi connectivity index (χ4v) is 3.59. The van der Waals surface area contributed by atoms with Crippen LogP contribution in [-0.2, 0) is 5.92 Å². The molecular weight excluding hydrogens is 416 g/mol. The summed E-state index contributed by atoms with van der Waals surface area (Å²) in [5.41, 5.74) is 10.8. The molecule has 0 atom stereocenters. The molecule has 0 spiro atoms. The number of nitrogens with two attached hydrogens (primary N) is 1. The van der Waals surface area contributed by atoms with Gasteiger partial charge >= 0.3 is 0 Å². The number of halogens is 2. The lowest BCUT2D eigenvalue weighted by Crippen LogP contribution is -2.10. The summed E-state index contributed by atoms with van der Waals surface area (Å²) in [6.45, 7) is 16.1. The minimum atomic E-state index is -2.91. The molecule has 5 heteroatoms. The summed E-state index contributed by atoms with van der Waals surface area (Å²) in [7, 11) is 0. The van der Waals surface area contributed by atoms with Crippen LogP contribution in [0.25, 0.3) is 10.8 Å². The van der Waals surface area contributed by atoms with E-state index < -0.39 is 5.92 Å². The van der Waals surface area contributed by atoms with Gasteiger partial charge < -0.3 is 16.4 Å². The number of rotatable bonds is 7. The fraction of sp³-hybridized carbons (Fsp3) is 0.214. The third-order valence-corrected chi connectivity index (χ3v) is 5.12. The summed E-state index contributed by atoms with van der Waals surface area (Å²) in [6.07, 6.45) is 3.41. The van der Waals surface area contributed by atoms with Crippen LogP contribution in [0.5, 0.6) is 0 Å². The number of nitrogens with one attached hydrogen (secondary N) is 2. The maximum Gasteiger partial charge on any atom is 0.270 e. The van der Waals surface area contributed by atoms with E-state index in [9.17, 15) is 8.78 Å². The summed E-state index contributed by atoms with van der Waals surface area (Å²) in [4.78, 5) is 0. The van der Waals surface area contributed by atoms with Crippen molar-refractivity contribution < 1.29 is 8.78 Å². The van der Waals surface area contributed by atoms with Gasteiger partial charge in [-0.3, -0.25) is 0 Å². The van der Waals surface area contributed by atoms with E-state index in [0.29, 0.717) is 22.6 Å². The monoisotopic (exact) mass is 449 g/mol. The van der Waals surface area contributed by atoms with Gasteiger partial charge in [-0.15, -0.1) is 0 Å². The molecule has 174 valence electrons. The first-order valence-electron chi connectivity index (χ1n) is 10.9. The van der Waals surface area contributed by atoms with E-state index in [1.54, 1.807) is 25.1 Å². The number of hydrogen-bond donors (Lipinski definition) is 3. The topological polar surface area (TPSA) is 50.1 Å². The van der Waals surface area contributed by atoms with Gasteiger partial charge in [0.2, 0.25) is 0 Å². The molecule has 0 bridgehead atoms. The molecule has 33 heavy (non-hydrogen) atoms. The van der Waals surface area contributed by atoms with Crippen LogP contribution < -0.4 is 16.4 Å². The lowest BCUT2D eigenvalue weighted by molar-refractivity contribution is 0.0169. The molecule has 0 aliphatic carbocycles. The first kappa shape index (κ1) is 25.7. The van der Waals surface area contributed by atoms with E-state index in [2.05, 4.69) is 23.8 Å². The quantitative estimate of drug-likeness (QED) is 0.318. The van der Waals surface area contributed by atoms with Crippen molar-refractivity contribution in [2.45, 2.75) is 40.5 Å². The second-order valence-electron chi connectivity index (χ2n) is 7.67. The van der Waals surface area contributed by atoms with Gasteiger partial charge in [0.1, 0.15) is 0 Å². The molecule has 0 fully saturated rings. The van der Waals surface area contributed by atoms with Crippen molar-refractivity contribution in [3.05, 3.63) is 102 Å². The van der Waals surface area contributed by atoms with E-state index in [1.165, 1.54) is 6.07 Å². The Morgan fingerprint density at radius 2 is 1.64 bits per heavy atom. The van der Waals surface area contributed by atoms with E-state index in [4.69, 9.17) is 5.73 Å². The molecule has 3 nitrogen and oxygen atoms in total. The molecule has 0 unspecified atom stereocenters. The van der Waals surface area contributed by atoms with Crippen molar-refractivity contribution in [3.63, 3.8) is 0 Å². The number of allylic oxidation sites excluding steroid dienone is 2. The van der Waals surface area contributed by atoms with Gasteiger partial charge in [-0.25, -0.2) is 8.78 Å². The molecule has 3 rings (SSSR count). The molecular formula is C28H33F2N3. The van der Waals surface area contributed by atoms with Gasteiger partial charge in [0.25, 0.3) is 5.92 Å². The van der Waals surface area contributed by atoms with Crippen LogP contribution >= 0.6 is 0 Å². The van der Waals surface area contributed by atoms with Crippen molar-refractivity contribution in [3.8, 4) is 0 Å². The third-order valence-electron chi connectivity index (χ3n) is 5.12. The second-order valence-corrected chi connectivity index (χ2v) is 7.67. The van der Waals surface area contributed by atoms with Gasteiger partial charge in [0.05, 0.1) is 5.70 Å². The Morgan fingerprint density at radius 3 is 2.21 bits per heavy atom. The third kappa shape index (κ3) is 6.01. The van der Waals surface area contributed by atoms with E-state index in [0.717, 1.165) is 34.6 Å². The Balaban J connectivity index is 0.00000187. The Bertz CT molecular complexity index is 1190. The molecule has 0 saturated carbocycles. The minimum absolute atomic E-state index is 0.0116. The summed E-state index contributed by atoms with van der Waals surface area (Å²) in [6, 6.07) is 14.9. The van der Waals surface area contributed by atoms with E-state index in [1.807, 2.05) is 57.2 Å². The van der Waals surface area contributed by atoms with Crippen molar-refractivity contribution in [2.24, 2.45) is 5.73 Å².